The number of esters is 1. The van der Waals surface area contributed by atoms with Gasteiger partial charge in [-0.2, -0.15) is 0 Å². The number of hydrogen-bond donors (Lipinski definition) is 1. The predicted octanol–water partition coefficient (Wildman–Crippen LogP) is 4.25. The molecular formula is C21H24ClNO6. The number of hydrogen-bond acceptors (Lipinski definition) is 6. The Labute approximate surface area is 174 Å². The van der Waals surface area contributed by atoms with Gasteiger partial charge in [0, 0.05) is 11.1 Å². The molecule has 0 aromatic heterocycles. The number of benzene rings is 2. The van der Waals surface area contributed by atoms with Crippen molar-refractivity contribution >= 4 is 29.2 Å². The molecule has 0 unspecified atom stereocenters. The molecule has 0 bridgehead atoms. The van der Waals surface area contributed by atoms with Gasteiger partial charge in [0.15, 0.2) is 18.1 Å². The van der Waals surface area contributed by atoms with Crippen molar-refractivity contribution in [1.82, 2.24) is 0 Å². The molecule has 29 heavy (non-hydrogen) atoms. The lowest BCUT2D eigenvalue weighted by Crippen LogP contribution is -2.21. The number of ether oxygens (including phenoxy) is 4. The molecule has 2 aromatic rings. The molecule has 0 heterocycles. The van der Waals surface area contributed by atoms with Gasteiger partial charge in [0.2, 0.25) is 0 Å². The molecule has 0 radical (unpaired) electrons. The van der Waals surface area contributed by atoms with Crippen LogP contribution in [0, 0.1) is 6.92 Å². The van der Waals surface area contributed by atoms with Crippen molar-refractivity contribution in [2.24, 2.45) is 0 Å². The maximum atomic E-state index is 12.3. The second-order valence-corrected chi connectivity index (χ2v) is 6.36. The molecule has 1 N–H and O–H groups in total. The second kappa shape index (κ2) is 10.6. The summed E-state index contributed by atoms with van der Waals surface area (Å²) in [6.07, 6.45) is 0. The number of nitrogens with one attached hydrogen (secondary N) is 1. The molecule has 0 aliphatic rings. The van der Waals surface area contributed by atoms with Crippen LogP contribution in [0.5, 0.6) is 17.2 Å². The Hall–Kier alpha value is -2.93. The molecule has 0 saturated heterocycles. The van der Waals surface area contributed by atoms with Crippen molar-refractivity contribution in [2.75, 3.05) is 32.2 Å². The first-order valence-electron chi connectivity index (χ1n) is 9.10. The van der Waals surface area contributed by atoms with Crippen molar-refractivity contribution in [3.63, 3.8) is 0 Å². The monoisotopic (exact) mass is 421 g/mol. The van der Waals surface area contributed by atoms with Crippen molar-refractivity contribution in [3.8, 4) is 17.2 Å². The number of amides is 1. The van der Waals surface area contributed by atoms with Crippen molar-refractivity contribution in [1.29, 1.82) is 0 Å². The van der Waals surface area contributed by atoms with E-state index in [0.717, 1.165) is 5.56 Å². The van der Waals surface area contributed by atoms with Gasteiger partial charge in [-0.05, 0) is 50.6 Å². The van der Waals surface area contributed by atoms with Crippen LogP contribution in [-0.2, 0) is 9.53 Å². The third kappa shape index (κ3) is 6.02. The molecule has 0 aliphatic heterocycles. The topological polar surface area (TPSA) is 83.1 Å². The van der Waals surface area contributed by atoms with E-state index < -0.39 is 18.5 Å². The van der Waals surface area contributed by atoms with Gasteiger partial charge in [-0.15, -0.1) is 0 Å². The molecule has 8 heteroatoms. The maximum Gasteiger partial charge on any atom is 0.338 e. The molecule has 2 aromatic carbocycles. The summed E-state index contributed by atoms with van der Waals surface area (Å²) in [6.45, 7) is 5.92. The first kappa shape index (κ1) is 22.4. The van der Waals surface area contributed by atoms with Crippen LogP contribution in [0.1, 0.15) is 29.8 Å². The summed E-state index contributed by atoms with van der Waals surface area (Å²) in [4.78, 5) is 24.5. The fourth-order valence-corrected chi connectivity index (χ4v) is 2.66. The lowest BCUT2D eigenvalue weighted by Gasteiger charge is -2.13. The van der Waals surface area contributed by atoms with Crippen molar-refractivity contribution in [3.05, 3.63) is 46.5 Å². The van der Waals surface area contributed by atoms with Gasteiger partial charge in [0.1, 0.15) is 5.75 Å². The third-order valence-electron chi connectivity index (χ3n) is 3.87. The van der Waals surface area contributed by atoms with E-state index in [1.807, 2.05) is 13.8 Å². The number of anilines is 1. The highest BCUT2D eigenvalue weighted by Gasteiger charge is 2.16. The van der Waals surface area contributed by atoms with E-state index in [1.165, 1.54) is 13.2 Å². The van der Waals surface area contributed by atoms with Crippen LogP contribution in [0.15, 0.2) is 30.3 Å². The van der Waals surface area contributed by atoms with Gasteiger partial charge < -0.3 is 24.3 Å². The molecule has 0 spiro atoms. The molecule has 156 valence electrons. The maximum absolute atomic E-state index is 12.3. The lowest BCUT2D eigenvalue weighted by molar-refractivity contribution is -0.119. The predicted molar refractivity (Wildman–Crippen MR) is 110 cm³/mol. The average Bonchev–Trinajstić information content (AvgIpc) is 2.70. The van der Waals surface area contributed by atoms with E-state index in [2.05, 4.69) is 5.32 Å². The fraction of sp³-hybridized carbons (Fsp3) is 0.333. The van der Waals surface area contributed by atoms with Crippen LogP contribution < -0.4 is 19.5 Å². The average molecular weight is 422 g/mol. The Kier molecular flexibility index (Phi) is 8.15. The van der Waals surface area contributed by atoms with Crippen LogP contribution >= 0.6 is 11.6 Å². The Bertz CT molecular complexity index is 884. The number of aryl methyl sites for hydroxylation is 1. The minimum atomic E-state index is -0.650. The quantitative estimate of drug-likeness (QED) is 0.609. The summed E-state index contributed by atoms with van der Waals surface area (Å²) in [5.74, 6) is 0.231. The standard InChI is InChI=1S/C21H24ClNO6/c1-5-27-17-8-7-14(10-19(17)28-6-2)21(25)29-12-20(24)23-16-9-13(3)15(22)11-18(16)26-4/h7-11H,5-6,12H2,1-4H3,(H,23,24). The van der Waals surface area contributed by atoms with Crippen LogP contribution in [0.2, 0.25) is 5.02 Å². The van der Waals surface area contributed by atoms with Crippen LogP contribution in [0.25, 0.3) is 0 Å². The van der Waals surface area contributed by atoms with Gasteiger partial charge in [-0.3, -0.25) is 4.79 Å². The number of methoxy groups -OCH3 is 1. The highest BCUT2D eigenvalue weighted by atomic mass is 35.5. The summed E-state index contributed by atoms with van der Waals surface area (Å²) in [6, 6.07) is 8.00. The highest BCUT2D eigenvalue weighted by molar-refractivity contribution is 6.31. The first-order valence-corrected chi connectivity index (χ1v) is 9.48. The Morgan fingerprint density at radius 2 is 1.69 bits per heavy atom. The summed E-state index contributed by atoms with van der Waals surface area (Å²) in [5.41, 5.74) is 1.47. The van der Waals surface area contributed by atoms with E-state index >= 15 is 0 Å². The van der Waals surface area contributed by atoms with Crippen LogP contribution in [-0.4, -0.2) is 38.8 Å². The van der Waals surface area contributed by atoms with Gasteiger partial charge in [0.25, 0.3) is 5.91 Å². The lowest BCUT2D eigenvalue weighted by atomic mass is 10.2. The minimum absolute atomic E-state index is 0.254. The molecule has 0 atom stereocenters. The second-order valence-electron chi connectivity index (χ2n) is 5.95. The SMILES string of the molecule is CCOc1ccc(C(=O)OCC(=O)Nc2cc(C)c(Cl)cc2OC)cc1OCC. The zero-order valence-electron chi connectivity index (χ0n) is 16.8. The zero-order valence-corrected chi connectivity index (χ0v) is 17.6. The van der Waals surface area contributed by atoms with Crippen molar-refractivity contribution < 1.29 is 28.5 Å². The van der Waals surface area contributed by atoms with E-state index in [1.54, 1.807) is 31.2 Å². The smallest absolute Gasteiger partial charge is 0.338 e. The minimum Gasteiger partial charge on any atom is -0.495 e. The summed E-state index contributed by atoms with van der Waals surface area (Å²) >= 11 is 6.06. The zero-order chi connectivity index (χ0) is 21.4. The summed E-state index contributed by atoms with van der Waals surface area (Å²) in [7, 11) is 1.47. The Balaban J connectivity index is 2.03. The van der Waals surface area contributed by atoms with E-state index in [-0.39, 0.29) is 5.56 Å². The summed E-state index contributed by atoms with van der Waals surface area (Å²) in [5, 5.41) is 3.17. The van der Waals surface area contributed by atoms with Gasteiger partial charge >= 0.3 is 5.97 Å². The Morgan fingerprint density at radius 1 is 1.00 bits per heavy atom. The Morgan fingerprint density at radius 3 is 2.34 bits per heavy atom. The molecule has 0 saturated carbocycles. The van der Waals surface area contributed by atoms with Gasteiger partial charge in [-0.1, -0.05) is 11.6 Å². The summed E-state index contributed by atoms with van der Waals surface area (Å²) < 4.78 is 21.3. The molecular weight excluding hydrogens is 398 g/mol. The largest absolute Gasteiger partial charge is 0.495 e. The normalized spacial score (nSPS) is 10.2. The molecule has 1 amide bonds. The van der Waals surface area contributed by atoms with Crippen molar-refractivity contribution in [2.45, 2.75) is 20.8 Å². The number of rotatable bonds is 9. The molecule has 7 nitrogen and oxygen atoms in total. The molecule has 0 fully saturated rings. The highest BCUT2D eigenvalue weighted by Crippen LogP contribution is 2.31. The van der Waals surface area contributed by atoms with Gasteiger partial charge in [0.05, 0.1) is 31.6 Å². The van der Waals surface area contributed by atoms with Gasteiger partial charge in [-0.25, -0.2) is 4.79 Å². The number of carbonyl (C=O) groups excluding carboxylic acids is 2. The fourth-order valence-electron chi connectivity index (χ4n) is 2.51. The van der Waals surface area contributed by atoms with Crippen LogP contribution in [0.3, 0.4) is 0 Å². The van der Waals surface area contributed by atoms with E-state index in [0.29, 0.717) is 41.2 Å². The number of carbonyl (C=O) groups is 2. The van der Waals surface area contributed by atoms with Crippen LogP contribution in [0.4, 0.5) is 5.69 Å². The number of halogens is 1. The van der Waals surface area contributed by atoms with E-state index in [4.69, 9.17) is 30.5 Å². The first-order chi connectivity index (χ1) is 13.9. The molecule has 0 aliphatic carbocycles. The van der Waals surface area contributed by atoms with E-state index in [9.17, 15) is 9.59 Å². The molecule has 2 rings (SSSR count). The third-order valence-corrected chi connectivity index (χ3v) is 4.28.